The van der Waals surface area contributed by atoms with Crippen LogP contribution in [0, 0.1) is 11.8 Å². The van der Waals surface area contributed by atoms with Gasteiger partial charge in [0, 0.05) is 12.8 Å². The number of Topliss-reactive ketones (excluding diaryl/α,β-unsaturated/α-hetero) is 2. The molecule has 0 spiro atoms. The zero-order chi connectivity index (χ0) is 11.4. The Kier molecular flexibility index (Phi) is 3.77. The maximum Gasteiger partial charge on any atom is 0.309 e. The first-order chi connectivity index (χ1) is 7.10. The number of hydrogen-bond donors (Lipinski definition) is 0. The highest BCUT2D eigenvalue weighted by Crippen LogP contribution is 2.26. The molecule has 0 amide bonds. The number of hydrogen-bond acceptors (Lipinski definition) is 4. The van der Waals surface area contributed by atoms with Crippen LogP contribution in [-0.4, -0.2) is 24.6 Å². The number of esters is 1. The van der Waals surface area contributed by atoms with Crippen LogP contribution in [0.15, 0.2) is 12.7 Å². The van der Waals surface area contributed by atoms with Crippen LogP contribution in [0.5, 0.6) is 0 Å². The topological polar surface area (TPSA) is 60.4 Å². The summed E-state index contributed by atoms with van der Waals surface area (Å²) in [7, 11) is 1.26. The Morgan fingerprint density at radius 2 is 2.00 bits per heavy atom. The lowest BCUT2D eigenvalue weighted by Crippen LogP contribution is -2.36. The van der Waals surface area contributed by atoms with Gasteiger partial charge in [0.1, 0.15) is 11.6 Å². The fraction of sp³-hybridized carbons (Fsp3) is 0.545. The smallest absolute Gasteiger partial charge is 0.309 e. The normalized spacial score (nSPS) is 26.2. The van der Waals surface area contributed by atoms with E-state index in [1.807, 2.05) is 0 Å². The summed E-state index contributed by atoms with van der Waals surface area (Å²) in [6.07, 6.45) is 2.14. The van der Waals surface area contributed by atoms with Gasteiger partial charge in [-0.05, 0) is 6.42 Å². The zero-order valence-electron chi connectivity index (χ0n) is 8.69. The average Bonchev–Trinajstić information content (AvgIpc) is 2.22. The van der Waals surface area contributed by atoms with Gasteiger partial charge in [-0.3, -0.25) is 14.4 Å². The summed E-state index contributed by atoms with van der Waals surface area (Å²) in [6, 6.07) is 0. The summed E-state index contributed by atoms with van der Waals surface area (Å²) in [6.45, 7) is 3.50. The van der Waals surface area contributed by atoms with Crippen LogP contribution >= 0.6 is 0 Å². The molecular formula is C11H14O4. The van der Waals surface area contributed by atoms with Gasteiger partial charge in [0.15, 0.2) is 0 Å². The van der Waals surface area contributed by atoms with Crippen molar-refractivity contribution < 1.29 is 19.1 Å². The van der Waals surface area contributed by atoms with Crippen LogP contribution < -0.4 is 0 Å². The lowest BCUT2D eigenvalue weighted by molar-refractivity contribution is -0.152. The van der Waals surface area contributed by atoms with E-state index < -0.39 is 17.8 Å². The molecule has 0 heterocycles. The van der Waals surface area contributed by atoms with E-state index in [0.29, 0.717) is 6.42 Å². The highest BCUT2D eigenvalue weighted by atomic mass is 16.5. The van der Waals surface area contributed by atoms with Crippen LogP contribution in [0.25, 0.3) is 0 Å². The second-order valence-electron chi connectivity index (χ2n) is 3.64. The quantitative estimate of drug-likeness (QED) is 0.394. The molecule has 1 fully saturated rings. The summed E-state index contributed by atoms with van der Waals surface area (Å²) in [4.78, 5) is 34.3. The molecule has 0 aliphatic heterocycles. The third-order valence-electron chi connectivity index (χ3n) is 2.61. The number of carbonyl (C=O) groups is 3. The van der Waals surface area contributed by atoms with Crippen molar-refractivity contribution in [2.75, 3.05) is 7.11 Å². The summed E-state index contributed by atoms with van der Waals surface area (Å²) >= 11 is 0. The van der Waals surface area contributed by atoms with E-state index in [-0.39, 0.29) is 24.4 Å². The van der Waals surface area contributed by atoms with Crippen LogP contribution in [0.1, 0.15) is 19.3 Å². The minimum absolute atomic E-state index is 0.108. The molecule has 1 aliphatic rings. The molecule has 1 saturated carbocycles. The van der Waals surface area contributed by atoms with Crippen molar-refractivity contribution in [3.05, 3.63) is 12.7 Å². The molecule has 4 heteroatoms. The molecule has 0 unspecified atom stereocenters. The maximum atomic E-state index is 11.5. The lowest BCUT2D eigenvalue weighted by Gasteiger charge is -2.23. The minimum atomic E-state index is -0.594. The largest absolute Gasteiger partial charge is 0.469 e. The van der Waals surface area contributed by atoms with E-state index in [1.54, 1.807) is 6.08 Å². The van der Waals surface area contributed by atoms with E-state index in [0.717, 1.165) is 0 Å². The summed E-state index contributed by atoms with van der Waals surface area (Å²) < 4.78 is 4.52. The molecule has 4 nitrogen and oxygen atoms in total. The van der Waals surface area contributed by atoms with Gasteiger partial charge in [-0.2, -0.15) is 0 Å². The number of methoxy groups -OCH3 is 1. The Balaban J connectivity index is 2.70. The Bertz CT molecular complexity index is 288. The number of ether oxygens (including phenoxy) is 1. The SMILES string of the molecule is C=CCC1C(=O)CC(C(=O)OC)CC1=O. The van der Waals surface area contributed by atoms with E-state index >= 15 is 0 Å². The van der Waals surface area contributed by atoms with E-state index in [4.69, 9.17) is 0 Å². The van der Waals surface area contributed by atoms with Crippen molar-refractivity contribution in [1.82, 2.24) is 0 Å². The summed E-state index contributed by atoms with van der Waals surface area (Å²) in [5, 5.41) is 0. The van der Waals surface area contributed by atoms with Crippen LogP contribution in [0.3, 0.4) is 0 Å². The third kappa shape index (κ3) is 2.52. The zero-order valence-corrected chi connectivity index (χ0v) is 8.69. The van der Waals surface area contributed by atoms with Gasteiger partial charge in [0.2, 0.25) is 0 Å². The molecule has 0 aromatic heterocycles. The van der Waals surface area contributed by atoms with Crippen LogP contribution in [-0.2, 0) is 19.1 Å². The van der Waals surface area contributed by atoms with Crippen molar-refractivity contribution in [3.8, 4) is 0 Å². The van der Waals surface area contributed by atoms with Crippen LogP contribution in [0.4, 0.5) is 0 Å². The first-order valence-corrected chi connectivity index (χ1v) is 4.84. The van der Waals surface area contributed by atoms with Gasteiger partial charge >= 0.3 is 5.97 Å². The molecule has 1 aliphatic carbocycles. The monoisotopic (exact) mass is 210 g/mol. The van der Waals surface area contributed by atoms with Gasteiger partial charge in [0.05, 0.1) is 18.9 Å². The van der Waals surface area contributed by atoms with Gasteiger partial charge in [-0.15, -0.1) is 6.58 Å². The second-order valence-corrected chi connectivity index (χ2v) is 3.64. The van der Waals surface area contributed by atoms with E-state index in [9.17, 15) is 14.4 Å². The Morgan fingerprint density at radius 3 is 2.40 bits per heavy atom. The van der Waals surface area contributed by atoms with Crippen molar-refractivity contribution in [1.29, 1.82) is 0 Å². The molecular weight excluding hydrogens is 196 g/mol. The van der Waals surface area contributed by atoms with Crippen molar-refractivity contribution in [2.24, 2.45) is 11.8 Å². The predicted molar refractivity (Wildman–Crippen MR) is 53.1 cm³/mol. The number of ketones is 2. The Labute approximate surface area is 88.3 Å². The first kappa shape index (κ1) is 11.6. The second kappa shape index (κ2) is 4.87. The molecule has 0 aromatic carbocycles. The maximum absolute atomic E-state index is 11.5. The lowest BCUT2D eigenvalue weighted by atomic mass is 9.78. The number of carbonyl (C=O) groups excluding carboxylic acids is 3. The minimum Gasteiger partial charge on any atom is -0.469 e. The Morgan fingerprint density at radius 1 is 1.47 bits per heavy atom. The van der Waals surface area contributed by atoms with Gasteiger partial charge in [-0.25, -0.2) is 0 Å². The average molecular weight is 210 g/mol. The fourth-order valence-corrected chi connectivity index (χ4v) is 1.78. The highest BCUT2D eigenvalue weighted by molar-refractivity contribution is 6.07. The molecule has 0 N–H and O–H groups in total. The van der Waals surface area contributed by atoms with Gasteiger partial charge < -0.3 is 4.74 Å². The summed E-state index contributed by atoms with van der Waals surface area (Å²) in [5.41, 5.74) is 0. The van der Waals surface area contributed by atoms with E-state index in [1.165, 1.54) is 7.11 Å². The van der Waals surface area contributed by atoms with Crippen molar-refractivity contribution in [3.63, 3.8) is 0 Å². The standard InChI is InChI=1S/C11H14O4/c1-3-4-8-9(12)5-7(6-10(8)13)11(14)15-2/h3,7-8H,1,4-6H2,2H3. The molecule has 15 heavy (non-hydrogen) atoms. The molecule has 0 aromatic rings. The highest BCUT2D eigenvalue weighted by Gasteiger charge is 2.37. The van der Waals surface area contributed by atoms with Gasteiger partial charge in [0.25, 0.3) is 0 Å². The van der Waals surface area contributed by atoms with E-state index in [2.05, 4.69) is 11.3 Å². The molecule has 0 radical (unpaired) electrons. The molecule has 0 bridgehead atoms. The predicted octanol–water partition coefficient (Wildman–Crippen LogP) is 0.900. The fourth-order valence-electron chi connectivity index (χ4n) is 1.78. The first-order valence-electron chi connectivity index (χ1n) is 4.84. The molecule has 0 saturated heterocycles. The van der Waals surface area contributed by atoms with Gasteiger partial charge in [-0.1, -0.05) is 6.08 Å². The molecule has 82 valence electrons. The third-order valence-corrected chi connectivity index (χ3v) is 2.61. The number of rotatable bonds is 3. The molecule has 1 rings (SSSR count). The number of allylic oxidation sites excluding steroid dienone is 1. The van der Waals surface area contributed by atoms with Crippen molar-refractivity contribution in [2.45, 2.75) is 19.3 Å². The Hall–Kier alpha value is -1.45. The van der Waals surface area contributed by atoms with Crippen molar-refractivity contribution >= 4 is 17.5 Å². The molecule has 0 atom stereocenters. The van der Waals surface area contributed by atoms with Crippen LogP contribution in [0.2, 0.25) is 0 Å². The summed E-state index contributed by atoms with van der Waals surface area (Å²) in [5.74, 6) is -2.02.